The van der Waals surface area contributed by atoms with Crippen LogP contribution in [0.1, 0.15) is 52.7 Å². The lowest BCUT2D eigenvalue weighted by molar-refractivity contribution is 0.801. The van der Waals surface area contributed by atoms with E-state index in [9.17, 15) is 0 Å². The van der Waals surface area contributed by atoms with Crippen molar-refractivity contribution in [2.45, 2.75) is 62.5 Å². The molecule has 0 aliphatic carbocycles. The molecule has 0 aliphatic rings. The third-order valence-electron chi connectivity index (χ3n) is 2.37. The molecule has 0 aliphatic heterocycles. The minimum absolute atomic E-state index is 0.348. The summed E-state index contributed by atoms with van der Waals surface area (Å²) in [6.07, 6.45) is 0. The van der Waals surface area contributed by atoms with Crippen molar-refractivity contribution in [3.8, 4) is 0 Å². The van der Waals surface area contributed by atoms with Gasteiger partial charge in [-0.2, -0.15) is 23.5 Å². The van der Waals surface area contributed by atoms with Crippen molar-refractivity contribution in [1.29, 1.82) is 0 Å². The Morgan fingerprint density at radius 1 is 0.667 bits per heavy atom. The molecule has 0 saturated carbocycles. The molecule has 1 aromatic rings. The molecule has 2 heteroatoms. The van der Waals surface area contributed by atoms with Crippen molar-refractivity contribution < 1.29 is 0 Å². The van der Waals surface area contributed by atoms with Crippen molar-refractivity contribution in [2.75, 3.05) is 0 Å². The second-order valence-corrected chi connectivity index (χ2v) is 10.2. The van der Waals surface area contributed by atoms with Crippen LogP contribution in [0.2, 0.25) is 0 Å². The van der Waals surface area contributed by atoms with Crippen LogP contribution in [0.4, 0.5) is 0 Å². The number of rotatable bonds is 4. The molecule has 18 heavy (non-hydrogen) atoms. The summed E-state index contributed by atoms with van der Waals surface area (Å²) in [7, 11) is 0. The highest BCUT2D eigenvalue weighted by Gasteiger charge is 2.11. The molecule has 0 radical (unpaired) electrons. The van der Waals surface area contributed by atoms with Gasteiger partial charge in [0.25, 0.3) is 0 Å². The number of hydrogen-bond donors (Lipinski definition) is 0. The summed E-state index contributed by atoms with van der Waals surface area (Å²) in [4.78, 5) is 0. The molecule has 0 heterocycles. The Hall–Kier alpha value is -0.0800. The molecule has 0 spiro atoms. The maximum absolute atomic E-state index is 2.28. The fraction of sp³-hybridized carbons (Fsp3) is 0.625. The molecule has 102 valence electrons. The molecule has 1 rings (SSSR count). The van der Waals surface area contributed by atoms with Gasteiger partial charge in [0.15, 0.2) is 0 Å². The van der Waals surface area contributed by atoms with Crippen LogP contribution < -0.4 is 0 Å². The number of thioether (sulfide) groups is 2. The van der Waals surface area contributed by atoms with E-state index in [0.717, 1.165) is 11.5 Å². The van der Waals surface area contributed by atoms with Gasteiger partial charge in [-0.3, -0.25) is 0 Å². The van der Waals surface area contributed by atoms with Gasteiger partial charge in [0.2, 0.25) is 0 Å². The van der Waals surface area contributed by atoms with Gasteiger partial charge >= 0.3 is 0 Å². The largest absolute Gasteiger partial charge is 0.151 e. The first-order valence-electron chi connectivity index (χ1n) is 6.51. The predicted molar refractivity (Wildman–Crippen MR) is 88.5 cm³/mol. The lowest BCUT2D eigenvalue weighted by atomic mass is 10.2. The monoisotopic (exact) mass is 282 g/mol. The Labute approximate surface area is 121 Å². The Bertz CT molecular complexity index is 315. The molecular formula is C16H26S2. The van der Waals surface area contributed by atoms with Crippen molar-refractivity contribution in [1.82, 2.24) is 0 Å². The van der Waals surface area contributed by atoms with E-state index in [-0.39, 0.29) is 0 Å². The van der Waals surface area contributed by atoms with Crippen molar-refractivity contribution in [2.24, 2.45) is 0 Å². The summed E-state index contributed by atoms with van der Waals surface area (Å²) in [5.74, 6) is 2.21. The van der Waals surface area contributed by atoms with E-state index < -0.39 is 0 Å². The minimum Gasteiger partial charge on any atom is -0.151 e. The zero-order valence-electron chi connectivity index (χ0n) is 12.5. The van der Waals surface area contributed by atoms with Crippen LogP contribution in [0.15, 0.2) is 24.3 Å². The summed E-state index contributed by atoms with van der Waals surface area (Å²) < 4.78 is 0.696. The van der Waals surface area contributed by atoms with Crippen LogP contribution >= 0.6 is 23.5 Å². The first-order chi connectivity index (χ1) is 8.16. The third kappa shape index (κ3) is 7.38. The van der Waals surface area contributed by atoms with E-state index in [1.54, 1.807) is 0 Å². The normalized spacial score (nSPS) is 12.8. The zero-order chi connectivity index (χ0) is 13.8. The standard InChI is InChI=1S/C16H26S2/c1-15(2,3)17-11-13-7-9-14(10-8-13)12-18-16(4,5)6/h7-10H,11-12H2,1-6H3. The van der Waals surface area contributed by atoms with E-state index in [2.05, 4.69) is 65.8 Å². The van der Waals surface area contributed by atoms with Crippen LogP contribution in [-0.2, 0) is 11.5 Å². The van der Waals surface area contributed by atoms with Crippen molar-refractivity contribution in [3.05, 3.63) is 35.4 Å². The molecule has 1 aromatic carbocycles. The van der Waals surface area contributed by atoms with E-state index in [1.165, 1.54) is 11.1 Å². The molecule has 0 aromatic heterocycles. The average molecular weight is 283 g/mol. The maximum atomic E-state index is 2.28. The molecule has 0 fully saturated rings. The fourth-order valence-electron chi connectivity index (χ4n) is 1.33. The SMILES string of the molecule is CC(C)(C)SCc1ccc(CSC(C)(C)C)cc1. The van der Waals surface area contributed by atoms with E-state index in [0.29, 0.717) is 9.49 Å². The molecule has 0 unspecified atom stereocenters. The van der Waals surface area contributed by atoms with Gasteiger partial charge in [0, 0.05) is 21.0 Å². The third-order valence-corrected chi connectivity index (χ3v) is 5.05. The van der Waals surface area contributed by atoms with Crippen molar-refractivity contribution in [3.63, 3.8) is 0 Å². The number of hydrogen-bond acceptors (Lipinski definition) is 2. The van der Waals surface area contributed by atoms with E-state index in [1.807, 2.05) is 23.5 Å². The van der Waals surface area contributed by atoms with Crippen LogP contribution in [0.5, 0.6) is 0 Å². The van der Waals surface area contributed by atoms with Gasteiger partial charge in [-0.1, -0.05) is 65.8 Å². The summed E-state index contributed by atoms with van der Waals surface area (Å²) in [6.45, 7) is 13.6. The van der Waals surface area contributed by atoms with Crippen LogP contribution in [0.25, 0.3) is 0 Å². The van der Waals surface area contributed by atoms with Gasteiger partial charge in [-0.25, -0.2) is 0 Å². The summed E-state index contributed by atoms with van der Waals surface area (Å²) in [5.41, 5.74) is 2.86. The Balaban J connectivity index is 2.48. The van der Waals surface area contributed by atoms with Crippen molar-refractivity contribution >= 4 is 23.5 Å². The summed E-state index contributed by atoms with van der Waals surface area (Å²) in [6, 6.07) is 9.10. The smallest absolute Gasteiger partial charge is 0.0189 e. The Morgan fingerprint density at radius 2 is 0.944 bits per heavy atom. The highest BCUT2D eigenvalue weighted by molar-refractivity contribution is 8.00. The Morgan fingerprint density at radius 3 is 1.17 bits per heavy atom. The van der Waals surface area contributed by atoms with Gasteiger partial charge in [0.1, 0.15) is 0 Å². The minimum atomic E-state index is 0.348. The van der Waals surface area contributed by atoms with Gasteiger partial charge in [-0.15, -0.1) is 0 Å². The molecule has 0 atom stereocenters. The second-order valence-electron chi connectivity index (χ2n) is 6.62. The molecule has 0 nitrogen and oxygen atoms in total. The second kappa shape index (κ2) is 6.38. The molecule has 0 amide bonds. The summed E-state index contributed by atoms with van der Waals surface area (Å²) in [5, 5.41) is 0. The maximum Gasteiger partial charge on any atom is 0.0189 e. The predicted octanol–water partition coefficient (Wildman–Crippen LogP) is 5.75. The fourth-order valence-corrected chi connectivity index (χ4v) is 2.92. The Kier molecular flexibility index (Phi) is 5.67. The van der Waals surface area contributed by atoms with Crippen LogP contribution in [0.3, 0.4) is 0 Å². The molecule has 0 saturated heterocycles. The van der Waals surface area contributed by atoms with Gasteiger partial charge in [-0.05, 0) is 11.1 Å². The molecule has 0 bridgehead atoms. The lowest BCUT2D eigenvalue weighted by Gasteiger charge is -2.18. The zero-order valence-corrected chi connectivity index (χ0v) is 14.2. The lowest BCUT2D eigenvalue weighted by Crippen LogP contribution is -2.08. The average Bonchev–Trinajstić information content (AvgIpc) is 2.23. The number of benzene rings is 1. The highest BCUT2D eigenvalue weighted by Crippen LogP contribution is 2.29. The first kappa shape index (κ1) is 16.0. The van der Waals surface area contributed by atoms with E-state index in [4.69, 9.17) is 0 Å². The van der Waals surface area contributed by atoms with Gasteiger partial charge in [0.05, 0.1) is 0 Å². The topological polar surface area (TPSA) is 0 Å². The highest BCUT2D eigenvalue weighted by atomic mass is 32.2. The quantitative estimate of drug-likeness (QED) is 0.689. The van der Waals surface area contributed by atoms with Crippen LogP contribution in [-0.4, -0.2) is 9.49 Å². The van der Waals surface area contributed by atoms with Gasteiger partial charge < -0.3 is 0 Å². The van der Waals surface area contributed by atoms with E-state index >= 15 is 0 Å². The first-order valence-corrected chi connectivity index (χ1v) is 8.49. The molecular weight excluding hydrogens is 256 g/mol. The summed E-state index contributed by atoms with van der Waals surface area (Å²) >= 11 is 4.01. The van der Waals surface area contributed by atoms with Crippen LogP contribution in [0, 0.1) is 0 Å². The molecule has 0 N–H and O–H groups in total.